The van der Waals surface area contributed by atoms with Crippen molar-refractivity contribution < 1.29 is 0 Å². The standard InChI is InChI=1S/C12H13BrN2/c13-12-2-1-9(7-15-12)10-5-8-3-4-14-11(8)6-10/h1-2,5,7-8,11,14H,3-4,6H2/t8-,11+/m0/s1. The molecule has 0 unspecified atom stereocenters. The molecule has 0 amide bonds. The Bertz CT molecular complexity index is 397. The summed E-state index contributed by atoms with van der Waals surface area (Å²) < 4.78 is 0.906. The molecular formula is C12H13BrN2. The fraction of sp³-hybridized carbons (Fsp3) is 0.417. The van der Waals surface area contributed by atoms with E-state index in [-0.39, 0.29) is 0 Å². The minimum atomic E-state index is 0.684. The Labute approximate surface area is 97.9 Å². The summed E-state index contributed by atoms with van der Waals surface area (Å²) in [6, 6.07) is 4.84. The largest absolute Gasteiger partial charge is 0.313 e. The van der Waals surface area contributed by atoms with Crippen LogP contribution in [0.15, 0.2) is 29.0 Å². The molecular weight excluding hydrogens is 252 g/mol. The molecule has 2 nitrogen and oxygen atoms in total. The molecule has 0 bridgehead atoms. The van der Waals surface area contributed by atoms with Gasteiger partial charge >= 0.3 is 0 Å². The van der Waals surface area contributed by atoms with Crippen LogP contribution in [0.2, 0.25) is 0 Å². The molecule has 1 aliphatic heterocycles. The maximum Gasteiger partial charge on any atom is 0.106 e. The van der Waals surface area contributed by atoms with Crippen molar-refractivity contribution in [3.63, 3.8) is 0 Å². The quantitative estimate of drug-likeness (QED) is 0.789. The maximum absolute atomic E-state index is 4.27. The fourth-order valence-electron chi connectivity index (χ4n) is 2.55. The van der Waals surface area contributed by atoms with Crippen molar-refractivity contribution in [2.45, 2.75) is 18.9 Å². The van der Waals surface area contributed by atoms with Crippen LogP contribution in [0, 0.1) is 5.92 Å². The molecule has 1 fully saturated rings. The zero-order valence-corrected chi connectivity index (χ0v) is 10.00. The monoisotopic (exact) mass is 264 g/mol. The van der Waals surface area contributed by atoms with Gasteiger partial charge in [-0.15, -0.1) is 0 Å². The lowest BCUT2D eigenvalue weighted by molar-refractivity contribution is 0.563. The summed E-state index contributed by atoms with van der Waals surface area (Å²) in [6.07, 6.45) is 6.83. The number of hydrogen-bond acceptors (Lipinski definition) is 2. The van der Waals surface area contributed by atoms with Crippen LogP contribution in [0.25, 0.3) is 5.57 Å². The van der Waals surface area contributed by atoms with Crippen LogP contribution in [0.3, 0.4) is 0 Å². The van der Waals surface area contributed by atoms with E-state index in [0.29, 0.717) is 6.04 Å². The van der Waals surface area contributed by atoms with Gasteiger partial charge in [0.1, 0.15) is 4.60 Å². The van der Waals surface area contributed by atoms with Crippen molar-refractivity contribution in [1.29, 1.82) is 0 Å². The third-order valence-corrected chi connectivity index (χ3v) is 3.82. The molecule has 15 heavy (non-hydrogen) atoms. The van der Waals surface area contributed by atoms with E-state index in [1.54, 1.807) is 0 Å². The first-order valence-electron chi connectivity index (χ1n) is 5.39. The van der Waals surface area contributed by atoms with Gasteiger partial charge in [0.05, 0.1) is 0 Å². The Balaban J connectivity index is 1.87. The maximum atomic E-state index is 4.27. The normalized spacial score (nSPS) is 29.0. The summed E-state index contributed by atoms with van der Waals surface area (Å²) in [7, 11) is 0. The van der Waals surface area contributed by atoms with Crippen molar-refractivity contribution >= 4 is 21.5 Å². The van der Waals surface area contributed by atoms with Gasteiger partial charge in [-0.1, -0.05) is 12.1 Å². The summed E-state index contributed by atoms with van der Waals surface area (Å²) in [5.74, 6) is 0.753. The van der Waals surface area contributed by atoms with E-state index < -0.39 is 0 Å². The second-order valence-electron chi connectivity index (χ2n) is 4.28. The van der Waals surface area contributed by atoms with Gasteiger partial charge < -0.3 is 5.32 Å². The fourth-order valence-corrected chi connectivity index (χ4v) is 2.79. The molecule has 1 N–H and O–H groups in total. The van der Waals surface area contributed by atoms with Gasteiger partial charge in [-0.25, -0.2) is 4.98 Å². The second kappa shape index (κ2) is 3.72. The van der Waals surface area contributed by atoms with E-state index in [9.17, 15) is 0 Å². The van der Waals surface area contributed by atoms with Crippen LogP contribution in [0.1, 0.15) is 18.4 Å². The van der Waals surface area contributed by atoms with E-state index in [2.05, 4.69) is 38.4 Å². The molecule has 1 aliphatic carbocycles. The van der Waals surface area contributed by atoms with E-state index in [1.165, 1.54) is 24.1 Å². The molecule has 0 spiro atoms. The molecule has 0 saturated carbocycles. The van der Waals surface area contributed by atoms with Crippen LogP contribution in [0.5, 0.6) is 0 Å². The topological polar surface area (TPSA) is 24.9 Å². The van der Waals surface area contributed by atoms with Gasteiger partial charge in [-0.2, -0.15) is 0 Å². The van der Waals surface area contributed by atoms with Crippen LogP contribution in [-0.2, 0) is 0 Å². The Morgan fingerprint density at radius 1 is 1.40 bits per heavy atom. The number of nitrogens with zero attached hydrogens (tertiary/aromatic N) is 1. The third-order valence-electron chi connectivity index (χ3n) is 3.35. The summed E-state index contributed by atoms with van der Waals surface area (Å²) in [5, 5.41) is 3.55. The van der Waals surface area contributed by atoms with Crippen molar-refractivity contribution in [2.75, 3.05) is 6.54 Å². The van der Waals surface area contributed by atoms with E-state index in [4.69, 9.17) is 0 Å². The van der Waals surface area contributed by atoms with Crippen LogP contribution in [0.4, 0.5) is 0 Å². The van der Waals surface area contributed by atoms with E-state index >= 15 is 0 Å². The Kier molecular flexibility index (Phi) is 2.37. The average molecular weight is 265 g/mol. The predicted octanol–water partition coefficient (Wildman–Crippen LogP) is 2.61. The minimum Gasteiger partial charge on any atom is -0.313 e. The summed E-state index contributed by atoms with van der Waals surface area (Å²) >= 11 is 3.36. The number of pyridine rings is 1. The molecule has 0 aromatic carbocycles. The third kappa shape index (κ3) is 1.74. The van der Waals surface area contributed by atoms with Crippen molar-refractivity contribution in [2.24, 2.45) is 5.92 Å². The zero-order valence-electron chi connectivity index (χ0n) is 8.41. The van der Waals surface area contributed by atoms with Gasteiger partial charge in [-0.05, 0) is 58.4 Å². The highest BCUT2D eigenvalue weighted by atomic mass is 79.9. The summed E-state index contributed by atoms with van der Waals surface area (Å²) in [4.78, 5) is 4.27. The molecule has 2 heterocycles. The number of halogens is 1. The SMILES string of the molecule is Brc1ccc(C2=C[C@@H]3CCN[C@@H]3C2)cn1. The van der Waals surface area contributed by atoms with E-state index in [0.717, 1.165) is 16.9 Å². The van der Waals surface area contributed by atoms with Gasteiger partial charge in [0.15, 0.2) is 0 Å². The average Bonchev–Trinajstić information content (AvgIpc) is 2.78. The van der Waals surface area contributed by atoms with Crippen molar-refractivity contribution in [1.82, 2.24) is 10.3 Å². The molecule has 78 valence electrons. The van der Waals surface area contributed by atoms with Crippen LogP contribution >= 0.6 is 15.9 Å². The van der Waals surface area contributed by atoms with Gasteiger partial charge in [0.2, 0.25) is 0 Å². The number of rotatable bonds is 1. The molecule has 2 aliphatic rings. The van der Waals surface area contributed by atoms with E-state index in [1.807, 2.05) is 12.3 Å². The highest BCUT2D eigenvalue weighted by molar-refractivity contribution is 9.10. The van der Waals surface area contributed by atoms with Gasteiger partial charge in [-0.3, -0.25) is 0 Å². The predicted molar refractivity (Wildman–Crippen MR) is 64.4 cm³/mol. The lowest BCUT2D eigenvalue weighted by Gasteiger charge is -2.08. The number of aromatic nitrogens is 1. The first kappa shape index (κ1) is 9.55. The molecule has 1 aromatic rings. The lowest BCUT2D eigenvalue weighted by Crippen LogP contribution is -2.22. The second-order valence-corrected chi connectivity index (χ2v) is 5.09. The summed E-state index contributed by atoms with van der Waals surface area (Å²) in [6.45, 7) is 1.18. The first-order chi connectivity index (χ1) is 7.33. The number of nitrogens with one attached hydrogen (secondary N) is 1. The van der Waals surface area contributed by atoms with Gasteiger partial charge in [0, 0.05) is 12.2 Å². The van der Waals surface area contributed by atoms with Crippen LogP contribution < -0.4 is 5.32 Å². The number of fused-ring (bicyclic) bond motifs is 1. The molecule has 1 aromatic heterocycles. The highest BCUT2D eigenvalue weighted by Gasteiger charge is 2.31. The molecule has 2 atom stereocenters. The number of hydrogen-bond donors (Lipinski definition) is 1. The lowest BCUT2D eigenvalue weighted by atomic mass is 10.1. The first-order valence-corrected chi connectivity index (χ1v) is 6.18. The Morgan fingerprint density at radius 2 is 2.33 bits per heavy atom. The summed E-state index contributed by atoms with van der Waals surface area (Å²) in [5.41, 5.74) is 2.73. The Morgan fingerprint density at radius 3 is 3.07 bits per heavy atom. The smallest absolute Gasteiger partial charge is 0.106 e. The molecule has 1 saturated heterocycles. The minimum absolute atomic E-state index is 0.684. The zero-order chi connectivity index (χ0) is 10.3. The Hall–Kier alpha value is -0.670. The molecule has 3 rings (SSSR count). The van der Waals surface area contributed by atoms with Gasteiger partial charge in [0.25, 0.3) is 0 Å². The van der Waals surface area contributed by atoms with Crippen molar-refractivity contribution in [3.05, 3.63) is 34.6 Å². The molecule has 3 heteroatoms. The molecule has 0 radical (unpaired) electrons. The highest BCUT2D eigenvalue weighted by Crippen LogP contribution is 2.35. The van der Waals surface area contributed by atoms with Crippen LogP contribution in [-0.4, -0.2) is 17.6 Å². The van der Waals surface area contributed by atoms with Crippen molar-refractivity contribution in [3.8, 4) is 0 Å².